The van der Waals surface area contributed by atoms with E-state index in [4.69, 9.17) is 0 Å². The Bertz CT molecular complexity index is 254. The summed E-state index contributed by atoms with van der Waals surface area (Å²) in [5.74, 6) is -0.153. The van der Waals surface area contributed by atoms with Gasteiger partial charge in [0.1, 0.15) is 0 Å². The van der Waals surface area contributed by atoms with Gasteiger partial charge in [0.15, 0.2) is 0 Å². The van der Waals surface area contributed by atoms with Gasteiger partial charge in [-0.15, -0.1) is 12.4 Å². The van der Waals surface area contributed by atoms with E-state index in [1.54, 1.807) is 4.90 Å². The van der Waals surface area contributed by atoms with Gasteiger partial charge in [0, 0.05) is 19.0 Å². The van der Waals surface area contributed by atoms with Crippen LogP contribution in [0.2, 0.25) is 0 Å². The first kappa shape index (κ1) is 12.3. The summed E-state index contributed by atoms with van der Waals surface area (Å²) in [6.07, 6.45) is 2.42. The monoisotopic (exact) mass is 233 g/mol. The molecule has 0 saturated carbocycles. The topological polar surface area (TPSA) is 61.4 Å². The van der Waals surface area contributed by atoms with Crippen molar-refractivity contribution in [3.05, 3.63) is 0 Å². The number of hydrogen-bond acceptors (Lipinski definition) is 3. The fourth-order valence-corrected chi connectivity index (χ4v) is 2.04. The first-order valence-corrected chi connectivity index (χ1v) is 5.08. The summed E-state index contributed by atoms with van der Waals surface area (Å²) in [6.45, 7) is 2.50. The average Bonchev–Trinajstić information content (AvgIpc) is 2.19. The highest BCUT2D eigenvalue weighted by atomic mass is 35.5. The van der Waals surface area contributed by atoms with Crippen molar-refractivity contribution in [3.63, 3.8) is 0 Å². The Hall–Kier alpha value is -0.810. The van der Waals surface area contributed by atoms with Gasteiger partial charge < -0.3 is 10.2 Å². The molecule has 15 heavy (non-hydrogen) atoms. The molecular weight excluding hydrogens is 218 g/mol. The smallest absolute Gasteiger partial charge is 0.321 e. The van der Waals surface area contributed by atoms with E-state index in [0.717, 1.165) is 25.9 Å². The minimum absolute atomic E-state index is 0. The highest BCUT2D eigenvalue weighted by molar-refractivity contribution is 5.96. The first-order valence-electron chi connectivity index (χ1n) is 5.08. The molecule has 2 N–H and O–H groups in total. The lowest BCUT2D eigenvalue weighted by atomic mass is 10.0. The van der Waals surface area contributed by atoms with E-state index in [-0.39, 0.29) is 24.3 Å². The van der Waals surface area contributed by atoms with Crippen molar-refractivity contribution >= 4 is 24.3 Å². The molecule has 2 aliphatic heterocycles. The molecule has 2 heterocycles. The Kier molecular flexibility index (Phi) is 4.35. The van der Waals surface area contributed by atoms with Crippen LogP contribution in [0.4, 0.5) is 4.79 Å². The molecule has 2 fully saturated rings. The molecule has 0 bridgehead atoms. The van der Waals surface area contributed by atoms with Crippen molar-refractivity contribution in [2.75, 3.05) is 19.6 Å². The Labute approximate surface area is 95.0 Å². The summed E-state index contributed by atoms with van der Waals surface area (Å²) in [6, 6.07) is 0.0949. The number of nitrogens with one attached hydrogen (secondary N) is 2. The SMILES string of the molecule is Cl.O=C1CCN(C2CCNCC2)C(=O)N1. The largest absolute Gasteiger partial charge is 0.324 e. The fraction of sp³-hybridized carbons (Fsp3) is 0.778. The Morgan fingerprint density at radius 2 is 1.87 bits per heavy atom. The number of halogens is 1. The lowest BCUT2D eigenvalue weighted by molar-refractivity contribution is -0.121. The van der Waals surface area contributed by atoms with Crippen molar-refractivity contribution in [1.82, 2.24) is 15.5 Å². The van der Waals surface area contributed by atoms with Crippen molar-refractivity contribution in [3.8, 4) is 0 Å². The van der Waals surface area contributed by atoms with Gasteiger partial charge in [-0.1, -0.05) is 0 Å². The van der Waals surface area contributed by atoms with Crippen LogP contribution in [0.25, 0.3) is 0 Å². The number of urea groups is 1. The zero-order chi connectivity index (χ0) is 9.97. The van der Waals surface area contributed by atoms with E-state index in [0.29, 0.717) is 19.0 Å². The van der Waals surface area contributed by atoms with Crippen molar-refractivity contribution in [2.45, 2.75) is 25.3 Å². The molecule has 0 radical (unpaired) electrons. The molecule has 0 unspecified atom stereocenters. The molecule has 0 aromatic rings. The van der Waals surface area contributed by atoms with Gasteiger partial charge in [0.2, 0.25) is 5.91 Å². The van der Waals surface area contributed by atoms with Gasteiger partial charge >= 0.3 is 6.03 Å². The maximum absolute atomic E-state index is 11.5. The van der Waals surface area contributed by atoms with E-state index in [1.807, 2.05) is 0 Å². The molecule has 3 amide bonds. The molecule has 86 valence electrons. The number of rotatable bonds is 1. The van der Waals surface area contributed by atoms with Crippen LogP contribution in [0, 0.1) is 0 Å². The van der Waals surface area contributed by atoms with Crippen molar-refractivity contribution in [2.24, 2.45) is 0 Å². The summed E-state index contributed by atoms with van der Waals surface area (Å²) < 4.78 is 0. The van der Waals surface area contributed by atoms with Crippen molar-refractivity contribution in [1.29, 1.82) is 0 Å². The standard InChI is InChI=1S/C9H15N3O2.ClH/c13-8-3-6-12(9(14)11-8)7-1-4-10-5-2-7;/h7,10H,1-6H2,(H,11,13,14);1H. The second kappa shape index (κ2) is 5.32. The third-order valence-electron chi connectivity index (χ3n) is 2.84. The third-order valence-corrected chi connectivity index (χ3v) is 2.84. The maximum atomic E-state index is 11.5. The summed E-state index contributed by atoms with van der Waals surface area (Å²) in [4.78, 5) is 24.2. The summed E-state index contributed by atoms with van der Waals surface area (Å²) in [5.41, 5.74) is 0. The minimum Gasteiger partial charge on any atom is -0.321 e. The van der Waals surface area contributed by atoms with E-state index in [9.17, 15) is 9.59 Å². The Morgan fingerprint density at radius 1 is 1.20 bits per heavy atom. The second-order valence-electron chi connectivity index (χ2n) is 3.78. The van der Waals surface area contributed by atoms with E-state index in [2.05, 4.69) is 10.6 Å². The maximum Gasteiger partial charge on any atom is 0.324 e. The predicted molar refractivity (Wildman–Crippen MR) is 58.0 cm³/mol. The highest BCUT2D eigenvalue weighted by Gasteiger charge is 2.29. The zero-order valence-electron chi connectivity index (χ0n) is 8.49. The Morgan fingerprint density at radius 3 is 2.47 bits per heavy atom. The van der Waals surface area contributed by atoms with Crippen LogP contribution < -0.4 is 10.6 Å². The first-order chi connectivity index (χ1) is 6.77. The van der Waals surface area contributed by atoms with Crippen LogP contribution in [0.15, 0.2) is 0 Å². The number of nitrogens with zero attached hydrogens (tertiary/aromatic N) is 1. The summed E-state index contributed by atoms with van der Waals surface area (Å²) in [5, 5.41) is 5.61. The quantitative estimate of drug-likeness (QED) is 0.676. The molecule has 6 heteroatoms. The number of carbonyl (C=O) groups is 2. The molecule has 5 nitrogen and oxygen atoms in total. The van der Waals surface area contributed by atoms with Gasteiger partial charge in [-0.2, -0.15) is 0 Å². The molecule has 0 spiro atoms. The van der Waals surface area contributed by atoms with Gasteiger partial charge in [-0.05, 0) is 25.9 Å². The number of imide groups is 1. The van der Waals surface area contributed by atoms with E-state index in [1.165, 1.54) is 0 Å². The number of amides is 3. The molecule has 2 rings (SSSR count). The second-order valence-corrected chi connectivity index (χ2v) is 3.78. The third kappa shape index (κ3) is 2.82. The van der Waals surface area contributed by atoms with Gasteiger partial charge in [-0.25, -0.2) is 4.79 Å². The molecule has 0 atom stereocenters. The van der Waals surface area contributed by atoms with Crippen LogP contribution >= 0.6 is 12.4 Å². The summed E-state index contributed by atoms with van der Waals surface area (Å²) in [7, 11) is 0. The van der Waals surface area contributed by atoms with Gasteiger partial charge in [0.25, 0.3) is 0 Å². The van der Waals surface area contributed by atoms with Crippen LogP contribution in [0.3, 0.4) is 0 Å². The van der Waals surface area contributed by atoms with Crippen molar-refractivity contribution < 1.29 is 9.59 Å². The summed E-state index contributed by atoms with van der Waals surface area (Å²) >= 11 is 0. The molecule has 2 aliphatic rings. The minimum atomic E-state index is -0.215. The number of carbonyl (C=O) groups excluding carboxylic acids is 2. The van der Waals surface area contributed by atoms with Crippen LogP contribution in [0.1, 0.15) is 19.3 Å². The van der Waals surface area contributed by atoms with Crippen LogP contribution in [-0.4, -0.2) is 42.5 Å². The molecule has 2 saturated heterocycles. The van der Waals surface area contributed by atoms with Gasteiger partial charge in [-0.3, -0.25) is 10.1 Å². The molecule has 0 aliphatic carbocycles. The van der Waals surface area contributed by atoms with Gasteiger partial charge in [0.05, 0.1) is 0 Å². The van der Waals surface area contributed by atoms with E-state index < -0.39 is 0 Å². The predicted octanol–water partition coefficient (Wildman–Crippen LogP) is 0.102. The number of piperidine rings is 1. The molecule has 0 aromatic carbocycles. The zero-order valence-corrected chi connectivity index (χ0v) is 9.31. The normalized spacial score (nSPS) is 23.3. The fourth-order valence-electron chi connectivity index (χ4n) is 2.04. The molecular formula is C9H16ClN3O2. The van der Waals surface area contributed by atoms with Crippen LogP contribution in [-0.2, 0) is 4.79 Å². The number of hydrogen-bond donors (Lipinski definition) is 2. The van der Waals surface area contributed by atoms with E-state index >= 15 is 0 Å². The lowest BCUT2D eigenvalue weighted by Crippen LogP contribution is -2.55. The lowest BCUT2D eigenvalue weighted by Gasteiger charge is -2.36. The van der Waals surface area contributed by atoms with Crippen LogP contribution in [0.5, 0.6) is 0 Å². The highest BCUT2D eigenvalue weighted by Crippen LogP contribution is 2.14. The Balaban J connectivity index is 0.00000112. The average molecular weight is 234 g/mol. The molecule has 0 aromatic heterocycles.